The average Bonchev–Trinajstić information content (AvgIpc) is 2.97. The van der Waals surface area contributed by atoms with Crippen molar-refractivity contribution in [3.63, 3.8) is 0 Å². The molecule has 6 nitrogen and oxygen atoms in total. The highest BCUT2D eigenvalue weighted by Crippen LogP contribution is 2.30. The molecule has 0 aromatic heterocycles. The molecular weight excluding hydrogens is 382 g/mol. The Morgan fingerprint density at radius 1 is 1.07 bits per heavy atom. The first-order valence-corrected chi connectivity index (χ1v) is 10.0. The standard InChI is InChI=1S/C24H27NO5/c1-16-5-8-20(13-17(16)2)18(3)25-23(26)15-30-24(27)10-7-19-6-9-21-22(14-19)29-12-4-11-28-21/h5-10,13-14,18H,4,11-12,15H2,1-3H3,(H,25,26)/b10-7+/t18-/m1/s1. The molecule has 2 aromatic rings. The Balaban J connectivity index is 1.48. The monoisotopic (exact) mass is 409 g/mol. The molecular formula is C24H27NO5. The average molecular weight is 409 g/mol. The quantitative estimate of drug-likeness (QED) is 0.579. The van der Waals surface area contributed by atoms with Gasteiger partial charge in [0, 0.05) is 12.5 Å². The molecule has 30 heavy (non-hydrogen) atoms. The molecule has 1 aliphatic heterocycles. The van der Waals surface area contributed by atoms with E-state index in [0.29, 0.717) is 24.7 Å². The summed E-state index contributed by atoms with van der Waals surface area (Å²) in [6.07, 6.45) is 3.74. The molecule has 1 heterocycles. The van der Waals surface area contributed by atoms with Crippen molar-refractivity contribution in [3.8, 4) is 11.5 Å². The molecule has 1 aliphatic rings. The number of aryl methyl sites for hydroxylation is 2. The number of esters is 1. The molecule has 2 aromatic carbocycles. The Bertz CT molecular complexity index is 951. The minimum Gasteiger partial charge on any atom is -0.490 e. The van der Waals surface area contributed by atoms with Crippen molar-refractivity contribution in [2.75, 3.05) is 19.8 Å². The number of fused-ring (bicyclic) bond motifs is 1. The Morgan fingerprint density at radius 2 is 1.83 bits per heavy atom. The van der Waals surface area contributed by atoms with Gasteiger partial charge in [0.25, 0.3) is 5.91 Å². The SMILES string of the molecule is Cc1ccc([C@@H](C)NC(=O)COC(=O)/C=C/c2ccc3c(c2)OCCCO3)cc1C. The summed E-state index contributed by atoms with van der Waals surface area (Å²) in [5.41, 5.74) is 4.16. The highest BCUT2D eigenvalue weighted by Gasteiger charge is 2.12. The van der Waals surface area contributed by atoms with Gasteiger partial charge in [0.1, 0.15) is 0 Å². The molecule has 158 valence electrons. The van der Waals surface area contributed by atoms with Gasteiger partial charge in [-0.2, -0.15) is 0 Å². The lowest BCUT2D eigenvalue weighted by Crippen LogP contribution is -2.31. The van der Waals surface area contributed by atoms with Gasteiger partial charge in [-0.1, -0.05) is 24.3 Å². The van der Waals surface area contributed by atoms with Gasteiger partial charge in [0.15, 0.2) is 18.1 Å². The summed E-state index contributed by atoms with van der Waals surface area (Å²) in [6.45, 7) is 6.86. The molecule has 0 saturated heterocycles. The van der Waals surface area contributed by atoms with Crippen LogP contribution in [0.15, 0.2) is 42.5 Å². The van der Waals surface area contributed by atoms with Gasteiger partial charge < -0.3 is 19.5 Å². The van der Waals surface area contributed by atoms with E-state index in [-0.39, 0.29) is 18.6 Å². The van der Waals surface area contributed by atoms with Gasteiger partial charge in [0.05, 0.1) is 19.3 Å². The fourth-order valence-electron chi connectivity index (χ4n) is 3.03. The number of hydrogen-bond donors (Lipinski definition) is 1. The van der Waals surface area contributed by atoms with Gasteiger partial charge in [-0.05, 0) is 61.2 Å². The van der Waals surface area contributed by atoms with Crippen molar-refractivity contribution in [3.05, 3.63) is 64.7 Å². The van der Waals surface area contributed by atoms with E-state index in [9.17, 15) is 9.59 Å². The molecule has 0 spiro atoms. The third-order valence-corrected chi connectivity index (χ3v) is 4.94. The van der Waals surface area contributed by atoms with Crippen LogP contribution in [0.1, 0.15) is 41.6 Å². The van der Waals surface area contributed by atoms with E-state index in [4.69, 9.17) is 14.2 Å². The lowest BCUT2D eigenvalue weighted by molar-refractivity contribution is -0.144. The Labute approximate surface area is 176 Å². The lowest BCUT2D eigenvalue weighted by atomic mass is 10.0. The molecule has 1 amide bonds. The number of carbonyl (C=O) groups is 2. The fourth-order valence-corrected chi connectivity index (χ4v) is 3.03. The number of benzene rings is 2. The van der Waals surface area contributed by atoms with Crippen molar-refractivity contribution in [2.45, 2.75) is 33.2 Å². The first-order valence-electron chi connectivity index (χ1n) is 10.0. The predicted octanol–water partition coefficient (Wildman–Crippen LogP) is 3.90. The summed E-state index contributed by atoms with van der Waals surface area (Å²) in [4.78, 5) is 24.1. The van der Waals surface area contributed by atoms with Crippen LogP contribution in [0.25, 0.3) is 6.08 Å². The topological polar surface area (TPSA) is 73.9 Å². The van der Waals surface area contributed by atoms with Gasteiger partial charge in [-0.15, -0.1) is 0 Å². The molecule has 1 atom stereocenters. The fraction of sp³-hybridized carbons (Fsp3) is 0.333. The second-order valence-electron chi connectivity index (χ2n) is 7.33. The largest absolute Gasteiger partial charge is 0.490 e. The van der Waals surface area contributed by atoms with Crippen molar-refractivity contribution < 1.29 is 23.8 Å². The first-order chi connectivity index (χ1) is 14.4. The minimum atomic E-state index is -0.587. The van der Waals surface area contributed by atoms with Crippen LogP contribution in [-0.4, -0.2) is 31.7 Å². The van der Waals surface area contributed by atoms with Crippen LogP contribution in [0.3, 0.4) is 0 Å². The second kappa shape index (κ2) is 9.96. The predicted molar refractivity (Wildman–Crippen MR) is 115 cm³/mol. The summed E-state index contributed by atoms with van der Waals surface area (Å²) < 4.78 is 16.3. The van der Waals surface area contributed by atoms with E-state index < -0.39 is 5.97 Å². The zero-order valence-corrected chi connectivity index (χ0v) is 17.6. The zero-order valence-electron chi connectivity index (χ0n) is 17.6. The van der Waals surface area contributed by atoms with Gasteiger partial charge >= 0.3 is 5.97 Å². The zero-order chi connectivity index (χ0) is 21.5. The van der Waals surface area contributed by atoms with Crippen LogP contribution in [0.2, 0.25) is 0 Å². The molecule has 0 bridgehead atoms. The molecule has 0 fully saturated rings. The van der Waals surface area contributed by atoms with Crippen LogP contribution < -0.4 is 14.8 Å². The van der Waals surface area contributed by atoms with Crippen LogP contribution in [0, 0.1) is 13.8 Å². The normalized spacial score (nSPS) is 14.1. The third-order valence-electron chi connectivity index (χ3n) is 4.94. The molecule has 0 saturated carbocycles. The summed E-state index contributed by atoms with van der Waals surface area (Å²) in [7, 11) is 0. The van der Waals surface area contributed by atoms with Gasteiger partial charge in [-0.3, -0.25) is 4.79 Å². The number of nitrogens with one attached hydrogen (secondary N) is 1. The number of amides is 1. The first kappa shape index (κ1) is 21.4. The number of carbonyl (C=O) groups excluding carboxylic acids is 2. The molecule has 6 heteroatoms. The molecule has 1 N–H and O–H groups in total. The van der Waals surface area contributed by atoms with Crippen LogP contribution >= 0.6 is 0 Å². The number of hydrogen-bond acceptors (Lipinski definition) is 5. The van der Waals surface area contributed by atoms with Crippen molar-refractivity contribution in [1.82, 2.24) is 5.32 Å². The lowest BCUT2D eigenvalue weighted by Gasteiger charge is -2.15. The van der Waals surface area contributed by atoms with E-state index in [1.807, 2.05) is 57.2 Å². The highest BCUT2D eigenvalue weighted by atomic mass is 16.5. The molecule has 0 aliphatic carbocycles. The number of ether oxygens (including phenoxy) is 3. The maximum absolute atomic E-state index is 12.1. The molecule has 0 unspecified atom stereocenters. The minimum absolute atomic E-state index is 0.173. The third kappa shape index (κ3) is 5.86. The van der Waals surface area contributed by atoms with E-state index in [1.54, 1.807) is 6.08 Å². The van der Waals surface area contributed by atoms with Crippen molar-refractivity contribution in [1.29, 1.82) is 0 Å². The maximum atomic E-state index is 12.1. The smallest absolute Gasteiger partial charge is 0.331 e. The van der Waals surface area contributed by atoms with E-state index >= 15 is 0 Å². The highest BCUT2D eigenvalue weighted by molar-refractivity contribution is 5.89. The van der Waals surface area contributed by atoms with E-state index in [0.717, 1.165) is 17.5 Å². The number of rotatable bonds is 6. The summed E-state index contributed by atoms with van der Waals surface area (Å²) in [6, 6.07) is 11.3. The molecule has 3 rings (SSSR count). The Morgan fingerprint density at radius 3 is 2.60 bits per heavy atom. The van der Waals surface area contributed by atoms with E-state index in [2.05, 4.69) is 5.32 Å². The molecule has 0 radical (unpaired) electrons. The second-order valence-corrected chi connectivity index (χ2v) is 7.33. The van der Waals surface area contributed by atoms with Gasteiger partial charge in [0.2, 0.25) is 0 Å². The summed E-state index contributed by atoms with van der Waals surface area (Å²) >= 11 is 0. The Hall–Kier alpha value is -3.28. The van der Waals surface area contributed by atoms with E-state index in [1.165, 1.54) is 17.2 Å². The van der Waals surface area contributed by atoms with Crippen LogP contribution in [0.5, 0.6) is 11.5 Å². The maximum Gasteiger partial charge on any atom is 0.331 e. The van der Waals surface area contributed by atoms with Gasteiger partial charge in [-0.25, -0.2) is 4.79 Å². The van der Waals surface area contributed by atoms with Crippen LogP contribution in [0.4, 0.5) is 0 Å². The summed E-state index contributed by atoms with van der Waals surface area (Å²) in [5, 5.41) is 2.84. The summed E-state index contributed by atoms with van der Waals surface area (Å²) in [5.74, 6) is 0.415. The van der Waals surface area contributed by atoms with Crippen LogP contribution in [-0.2, 0) is 14.3 Å². The van der Waals surface area contributed by atoms with Crippen molar-refractivity contribution in [2.24, 2.45) is 0 Å². The van der Waals surface area contributed by atoms with Crippen molar-refractivity contribution >= 4 is 18.0 Å². The Kier molecular flexibility index (Phi) is 7.12.